The minimum absolute atomic E-state index is 0.132. The van der Waals surface area contributed by atoms with Gasteiger partial charge in [0.05, 0.1) is 5.25 Å². The van der Waals surface area contributed by atoms with Gasteiger partial charge in [-0.15, -0.1) is 11.8 Å². The molecule has 0 aliphatic rings. The fourth-order valence-electron chi connectivity index (χ4n) is 1.85. The van der Waals surface area contributed by atoms with Crippen LogP contribution in [0, 0.1) is 5.82 Å². The molecule has 0 aliphatic carbocycles. The van der Waals surface area contributed by atoms with Crippen LogP contribution in [0.2, 0.25) is 0 Å². The van der Waals surface area contributed by atoms with Gasteiger partial charge in [-0.3, -0.25) is 4.79 Å². The molecule has 2 aromatic rings. The summed E-state index contributed by atoms with van der Waals surface area (Å²) >= 11 is 1.22. The Labute approximate surface area is 128 Å². The maximum Gasteiger partial charge on any atom is 0.237 e. The lowest BCUT2D eigenvalue weighted by atomic mass is 10.1. The number of amides is 1. The number of hydrogen-bond donors (Lipinski definition) is 1. The molecule has 2 aromatic carbocycles. The topological polar surface area (TPSA) is 29.1 Å². The normalized spacial score (nSPS) is 12.0. The zero-order valence-corrected chi connectivity index (χ0v) is 12.9. The van der Waals surface area contributed by atoms with Crippen LogP contribution < -0.4 is 5.32 Å². The second-order valence-corrected chi connectivity index (χ2v) is 6.11. The number of carbonyl (C=O) groups is 1. The smallest absolute Gasteiger partial charge is 0.237 e. The van der Waals surface area contributed by atoms with Gasteiger partial charge in [-0.25, -0.2) is 4.39 Å². The van der Waals surface area contributed by atoms with Gasteiger partial charge in [0, 0.05) is 10.6 Å². The fraction of sp³-hybridized carbons (Fsp3) is 0.235. The van der Waals surface area contributed by atoms with Crippen molar-refractivity contribution in [2.45, 2.75) is 30.4 Å². The van der Waals surface area contributed by atoms with Gasteiger partial charge in [-0.2, -0.15) is 0 Å². The van der Waals surface area contributed by atoms with Crippen molar-refractivity contribution in [3.8, 4) is 0 Å². The van der Waals surface area contributed by atoms with E-state index in [-0.39, 0.29) is 17.0 Å². The molecule has 0 aliphatic heterocycles. The van der Waals surface area contributed by atoms with E-state index in [1.807, 2.05) is 24.3 Å². The molecular weight excluding hydrogens is 285 g/mol. The molecule has 1 atom stereocenters. The molecule has 0 spiro atoms. The van der Waals surface area contributed by atoms with Crippen LogP contribution in [0.25, 0.3) is 0 Å². The number of benzene rings is 2. The summed E-state index contributed by atoms with van der Waals surface area (Å²) in [5.74, 6) is -0.429. The van der Waals surface area contributed by atoms with Crippen molar-refractivity contribution < 1.29 is 9.18 Å². The first-order chi connectivity index (χ1) is 10.1. The van der Waals surface area contributed by atoms with E-state index >= 15 is 0 Å². The molecule has 0 saturated heterocycles. The van der Waals surface area contributed by atoms with Crippen LogP contribution in [0.1, 0.15) is 19.4 Å². The molecule has 4 heteroatoms. The zero-order valence-electron chi connectivity index (χ0n) is 12.1. The number of nitrogens with one attached hydrogen (secondary N) is 1. The minimum Gasteiger partial charge on any atom is -0.325 e. The Kier molecular flexibility index (Phi) is 5.39. The lowest BCUT2D eigenvalue weighted by Crippen LogP contribution is -2.22. The van der Waals surface area contributed by atoms with Gasteiger partial charge in [-0.1, -0.05) is 31.2 Å². The Morgan fingerprint density at radius 2 is 1.86 bits per heavy atom. The van der Waals surface area contributed by atoms with Gasteiger partial charge >= 0.3 is 0 Å². The first-order valence-corrected chi connectivity index (χ1v) is 7.79. The number of carbonyl (C=O) groups excluding carboxylic acids is 1. The van der Waals surface area contributed by atoms with Crippen molar-refractivity contribution in [2.75, 3.05) is 5.32 Å². The summed E-state index contributed by atoms with van der Waals surface area (Å²) < 4.78 is 13.6. The van der Waals surface area contributed by atoms with Gasteiger partial charge in [0.2, 0.25) is 5.91 Å². The lowest BCUT2D eigenvalue weighted by Gasteiger charge is -2.12. The highest BCUT2D eigenvalue weighted by Crippen LogP contribution is 2.26. The van der Waals surface area contributed by atoms with Crippen LogP contribution in [0.5, 0.6) is 0 Å². The van der Waals surface area contributed by atoms with Crippen LogP contribution >= 0.6 is 11.8 Å². The van der Waals surface area contributed by atoms with Crippen LogP contribution in [-0.2, 0) is 11.2 Å². The van der Waals surface area contributed by atoms with Crippen LogP contribution in [0.15, 0.2) is 53.4 Å². The third-order valence-electron chi connectivity index (χ3n) is 3.14. The second-order valence-electron chi connectivity index (χ2n) is 4.73. The predicted octanol–water partition coefficient (Wildman–Crippen LogP) is 4.51. The summed E-state index contributed by atoms with van der Waals surface area (Å²) in [4.78, 5) is 12.6. The number of thioether (sulfide) groups is 1. The summed E-state index contributed by atoms with van der Waals surface area (Å²) in [5.41, 5.74) is 1.99. The number of rotatable bonds is 5. The lowest BCUT2D eigenvalue weighted by molar-refractivity contribution is -0.115. The van der Waals surface area contributed by atoms with Crippen molar-refractivity contribution in [1.82, 2.24) is 0 Å². The first kappa shape index (κ1) is 15.6. The molecule has 0 bridgehead atoms. The number of halogens is 1. The van der Waals surface area contributed by atoms with Gasteiger partial charge in [0.1, 0.15) is 5.82 Å². The largest absolute Gasteiger partial charge is 0.325 e. The minimum atomic E-state index is -0.368. The van der Waals surface area contributed by atoms with Crippen LogP contribution in [0.3, 0.4) is 0 Å². The third-order valence-corrected chi connectivity index (χ3v) is 4.29. The summed E-state index contributed by atoms with van der Waals surface area (Å²) in [6.45, 7) is 3.85. The third kappa shape index (κ3) is 4.33. The molecule has 0 unspecified atom stereocenters. The molecule has 0 heterocycles. The van der Waals surface area contributed by atoms with Gasteiger partial charge in [0.15, 0.2) is 0 Å². The van der Waals surface area contributed by atoms with Crippen molar-refractivity contribution in [3.05, 3.63) is 59.9 Å². The molecule has 0 aromatic heterocycles. The van der Waals surface area contributed by atoms with Crippen molar-refractivity contribution in [1.29, 1.82) is 0 Å². The average molecular weight is 303 g/mol. The van der Waals surface area contributed by atoms with E-state index in [4.69, 9.17) is 0 Å². The number of aryl methyl sites for hydroxylation is 1. The van der Waals surface area contributed by atoms with Crippen molar-refractivity contribution in [3.63, 3.8) is 0 Å². The molecular formula is C17H18FNOS. The molecule has 21 heavy (non-hydrogen) atoms. The maximum absolute atomic E-state index is 13.6. The van der Waals surface area contributed by atoms with Crippen LogP contribution in [-0.4, -0.2) is 11.2 Å². The fourth-order valence-corrected chi connectivity index (χ4v) is 2.74. The Bertz CT molecular complexity index is 612. The molecule has 0 fully saturated rings. The standard InChI is InChI=1S/C17H18FNOS/c1-3-13-8-10-14(11-9-13)19-17(20)12(2)21-16-7-5-4-6-15(16)18/h4-12H,3H2,1-2H3,(H,19,20)/t12-/m0/s1. The monoisotopic (exact) mass is 303 g/mol. The van der Waals surface area contributed by atoms with E-state index in [0.29, 0.717) is 4.90 Å². The van der Waals surface area contributed by atoms with Crippen molar-refractivity contribution >= 4 is 23.4 Å². The highest BCUT2D eigenvalue weighted by atomic mass is 32.2. The summed E-state index contributed by atoms with van der Waals surface area (Å²) in [5, 5.41) is 2.48. The molecule has 2 rings (SSSR count). The Morgan fingerprint density at radius 1 is 1.19 bits per heavy atom. The van der Waals surface area contributed by atoms with Gasteiger partial charge < -0.3 is 5.32 Å². The number of anilines is 1. The van der Waals surface area contributed by atoms with Crippen molar-refractivity contribution in [2.24, 2.45) is 0 Å². The van der Waals surface area contributed by atoms with E-state index < -0.39 is 0 Å². The summed E-state index contributed by atoms with van der Waals surface area (Å²) in [6, 6.07) is 14.2. The Balaban J connectivity index is 1.97. The van der Waals surface area contributed by atoms with E-state index in [1.54, 1.807) is 25.1 Å². The Morgan fingerprint density at radius 3 is 2.48 bits per heavy atom. The predicted molar refractivity (Wildman–Crippen MR) is 86.2 cm³/mol. The highest BCUT2D eigenvalue weighted by molar-refractivity contribution is 8.00. The summed E-state index contributed by atoms with van der Waals surface area (Å²) in [6.07, 6.45) is 0.966. The average Bonchev–Trinajstić information content (AvgIpc) is 2.50. The first-order valence-electron chi connectivity index (χ1n) is 6.91. The molecule has 2 nitrogen and oxygen atoms in total. The molecule has 0 saturated carbocycles. The molecule has 1 N–H and O–H groups in total. The second kappa shape index (κ2) is 7.27. The quantitative estimate of drug-likeness (QED) is 0.824. The maximum atomic E-state index is 13.6. The molecule has 1 amide bonds. The molecule has 110 valence electrons. The molecule has 0 radical (unpaired) electrons. The van der Waals surface area contributed by atoms with Gasteiger partial charge in [0.25, 0.3) is 0 Å². The van der Waals surface area contributed by atoms with E-state index in [0.717, 1.165) is 12.1 Å². The van der Waals surface area contributed by atoms with E-state index in [9.17, 15) is 9.18 Å². The van der Waals surface area contributed by atoms with Gasteiger partial charge in [-0.05, 0) is 43.2 Å². The highest BCUT2D eigenvalue weighted by Gasteiger charge is 2.16. The van der Waals surface area contributed by atoms with E-state index in [1.165, 1.54) is 23.4 Å². The SMILES string of the molecule is CCc1ccc(NC(=O)[C@H](C)Sc2ccccc2F)cc1. The summed E-state index contributed by atoms with van der Waals surface area (Å²) in [7, 11) is 0. The zero-order chi connectivity index (χ0) is 15.2. The van der Waals surface area contributed by atoms with E-state index in [2.05, 4.69) is 12.2 Å². The van der Waals surface area contributed by atoms with Crippen LogP contribution in [0.4, 0.5) is 10.1 Å². The Hall–Kier alpha value is -1.81. The number of hydrogen-bond acceptors (Lipinski definition) is 2.